The number of ketones is 1. The summed E-state index contributed by atoms with van der Waals surface area (Å²) in [5.74, 6) is -0.241. The van der Waals surface area contributed by atoms with Crippen molar-refractivity contribution < 1.29 is 38.5 Å². The fourth-order valence-corrected chi connectivity index (χ4v) is 11.7. The number of piperazine rings is 1. The van der Waals surface area contributed by atoms with E-state index in [-0.39, 0.29) is 49.5 Å². The van der Waals surface area contributed by atoms with Crippen molar-refractivity contribution in [2.45, 2.75) is 118 Å². The van der Waals surface area contributed by atoms with E-state index >= 15 is 0 Å². The summed E-state index contributed by atoms with van der Waals surface area (Å²) in [6.07, 6.45) is 3.94. The van der Waals surface area contributed by atoms with Gasteiger partial charge in [0, 0.05) is 68.8 Å². The molecule has 1 amide bonds. The van der Waals surface area contributed by atoms with Gasteiger partial charge in [0.25, 0.3) is 0 Å². The van der Waals surface area contributed by atoms with E-state index in [0.29, 0.717) is 76.0 Å². The first-order valence-corrected chi connectivity index (χ1v) is 24.7. The molecule has 3 saturated carbocycles. The van der Waals surface area contributed by atoms with Gasteiger partial charge in [0.1, 0.15) is 35.3 Å². The molecule has 348 valence electrons. The summed E-state index contributed by atoms with van der Waals surface area (Å²) >= 11 is 8.74. The molecule has 1 aromatic carbocycles. The van der Waals surface area contributed by atoms with Crippen LogP contribution in [0, 0.1) is 40.4 Å². The normalized spacial score (nSPS) is 27.4. The monoisotopic (exact) mass is 919 g/mol. The highest BCUT2D eigenvalue weighted by atomic mass is 35.5. The number of hydrogen-bond donors (Lipinski definition) is 1. The van der Waals surface area contributed by atoms with Crippen molar-refractivity contribution in [2.24, 2.45) is 40.4 Å². The number of ether oxygens (including phenoxy) is 3. The Morgan fingerprint density at radius 2 is 1.72 bits per heavy atom. The number of carbonyl (C=O) groups is 4. The van der Waals surface area contributed by atoms with Gasteiger partial charge < -0.3 is 29.1 Å². The number of thiazole rings is 1. The van der Waals surface area contributed by atoms with Crippen molar-refractivity contribution in [1.82, 2.24) is 24.7 Å². The lowest BCUT2D eigenvalue weighted by molar-refractivity contribution is -0.157. The third kappa shape index (κ3) is 10.2. The Kier molecular flexibility index (Phi) is 13.7. The smallest absolute Gasteiger partial charge is 0.310 e. The summed E-state index contributed by atoms with van der Waals surface area (Å²) in [7, 11) is 2.13. The number of aliphatic carboxylic acids is 1. The number of Topliss-reactive ketones (excluding diaryl/α,β-unsaturated/α-hetero) is 1. The summed E-state index contributed by atoms with van der Waals surface area (Å²) in [6, 6.07) is 4.62. The van der Waals surface area contributed by atoms with Gasteiger partial charge in [-0.2, -0.15) is 0 Å². The summed E-state index contributed by atoms with van der Waals surface area (Å²) in [4.78, 5) is 71.8. The zero-order valence-electron chi connectivity index (χ0n) is 38.6. The van der Waals surface area contributed by atoms with Gasteiger partial charge in [-0.3, -0.25) is 24.1 Å². The predicted octanol–water partition coefficient (Wildman–Crippen LogP) is 8.04. The van der Waals surface area contributed by atoms with Gasteiger partial charge in [-0.15, -0.1) is 11.3 Å². The van der Waals surface area contributed by atoms with E-state index in [1.54, 1.807) is 16.2 Å². The second-order valence-corrected chi connectivity index (χ2v) is 22.2. The molecule has 2 aromatic heterocycles. The summed E-state index contributed by atoms with van der Waals surface area (Å²) in [5.41, 5.74) is -0.0570. The number of aromatic nitrogens is 2. The Labute approximate surface area is 386 Å². The van der Waals surface area contributed by atoms with Crippen molar-refractivity contribution in [2.75, 3.05) is 52.9 Å². The van der Waals surface area contributed by atoms with Gasteiger partial charge in [0.05, 0.1) is 52.3 Å². The predicted molar refractivity (Wildman–Crippen MR) is 247 cm³/mol. The highest BCUT2D eigenvalue weighted by Crippen LogP contribution is 2.58. The molecule has 8 atom stereocenters. The molecule has 1 N–H and O–H groups in total. The number of rotatable bonds is 18. The number of halogens is 1. The first-order valence-electron chi connectivity index (χ1n) is 23.5. The largest absolute Gasteiger partial charge is 0.491 e. The lowest BCUT2D eigenvalue weighted by Crippen LogP contribution is -2.48. The first-order chi connectivity index (χ1) is 30.4. The molecule has 2 aliphatic heterocycles. The van der Waals surface area contributed by atoms with Crippen LogP contribution in [0.5, 0.6) is 11.5 Å². The van der Waals surface area contributed by atoms with E-state index in [2.05, 4.69) is 30.7 Å². The van der Waals surface area contributed by atoms with Crippen LogP contribution in [0.4, 0.5) is 0 Å². The summed E-state index contributed by atoms with van der Waals surface area (Å²) in [5, 5.41) is 14.3. The zero-order valence-corrected chi connectivity index (χ0v) is 40.1. The molecule has 5 aliphatic rings. The highest BCUT2D eigenvalue weighted by molar-refractivity contribution is 7.09. The molecule has 0 radical (unpaired) electrons. The average Bonchev–Trinajstić information content (AvgIpc) is 3.91. The molecule has 4 heterocycles. The van der Waals surface area contributed by atoms with Gasteiger partial charge in [-0.05, 0) is 74.0 Å². The second-order valence-electron chi connectivity index (χ2n) is 20.9. The van der Waals surface area contributed by atoms with Gasteiger partial charge >= 0.3 is 11.9 Å². The van der Waals surface area contributed by atoms with Crippen LogP contribution in [0.15, 0.2) is 23.6 Å². The molecule has 15 heteroatoms. The number of fused-ring (bicyclic) bond motifs is 2. The number of esters is 1. The molecule has 1 unspecified atom stereocenters. The van der Waals surface area contributed by atoms with E-state index < -0.39 is 40.8 Å². The minimum atomic E-state index is -1.14. The standard InChI is InChI=1S/C49H66ClN5O8S/c1-8-31-24-49(31,47(59)60)25-39(56)38-21-33(26-55(38)46(58)35(48(4,5)6)22-43(57)63-32-19-29-18-30(29)20-32)62-41-23-36(37-27-64-42(51-37)17-28(2)3)52-45-34(41)9-10-40(44(45)50)61-16-15-54-13-11-53(7)12-14-54/h9-10,23,27-33,35,38H,8,11-22,24-26H2,1-7H3,(H,59,60)/t29-,30+,31-,32?,33-,35-,38+,49-/m1/s1. The topological polar surface area (TPSA) is 152 Å². The molecule has 3 aliphatic carbocycles. The minimum Gasteiger partial charge on any atom is -0.491 e. The van der Waals surface area contributed by atoms with E-state index in [9.17, 15) is 24.3 Å². The van der Waals surface area contributed by atoms with Crippen molar-refractivity contribution in [1.29, 1.82) is 0 Å². The van der Waals surface area contributed by atoms with Gasteiger partial charge in [-0.1, -0.05) is 59.6 Å². The highest BCUT2D eigenvalue weighted by Gasteiger charge is 2.61. The molecule has 13 nitrogen and oxygen atoms in total. The van der Waals surface area contributed by atoms with E-state index in [0.717, 1.165) is 57.0 Å². The van der Waals surface area contributed by atoms with Crippen LogP contribution < -0.4 is 9.47 Å². The Bertz CT molecular complexity index is 2230. The molecule has 0 bridgehead atoms. The summed E-state index contributed by atoms with van der Waals surface area (Å²) < 4.78 is 19.1. The van der Waals surface area contributed by atoms with Crippen LogP contribution in [-0.2, 0) is 30.3 Å². The molecule has 5 fully saturated rings. The van der Waals surface area contributed by atoms with Gasteiger partial charge in [0.2, 0.25) is 5.91 Å². The number of nitrogens with zero attached hydrogens (tertiary/aromatic N) is 5. The molecule has 3 aromatic rings. The number of carboxylic acids is 1. The quantitative estimate of drug-likeness (QED) is 0.123. The van der Waals surface area contributed by atoms with Crippen LogP contribution in [0.1, 0.15) is 97.9 Å². The Hall–Kier alpha value is -3.85. The molecular weight excluding hydrogens is 854 g/mol. The van der Waals surface area contributed by atoms with E-state index in [1.807, 2.05) is 51.3 Å². The maximum absolute atomic E-state index is 14.9. The van der Waals surface area contributed by atoms with Gasteiger partial charge in [-0.25, -0.2) is 9.97 Å². The van der Waals surface area contributed by atoms with E-state index in [1.165, 1.54) is 6.42 Å². The number of benzene rings is 1. The van der Waals surface area contributed by atoms with Crippen molar-refractivity contribution in [3.8, 4) is 22.9 Å². The number of carbonyl (C=O) groups excluding carboxylic acids is 3. The van der Waals surface area contributed by atoms with Gasteiger partial charge in [0.15, 0.2) is 5.78 Å². The first kappa shape index (κ1) is 46.7. The minimum absolute atomic E-state index is 0.0652. The zero-order chi connectivity index (χ0) is 45.7. The van der Waals surface area contributed by atoms with Crippen molar-refractivity contribution >= 4 is 57.5 Å². The lowest BCUT2D eigenvalue weighted by Gasteiger charge is -2.35. The van der Waals surface area contributed by atoms with Crippen LogP contribution >= 0.6 is 22.9 Å². The summed E-state index contributed by atoms with van der Waals surface area (Å²) in [6.45, 7) is 17.3. The lowest BCUT2D eigenvalue weighted by atomic mass is 9.77. The number of pyridine rings is 1. The maximum Gasteiger partial charge on any atom is 0.310 e. The second kappa shape index (κ2) is 18.8. The Balaban J connectivity index is 1.09. The average molecular weight is 921 g/mol. The third-order valence-electron chi connectivity index (χ3n) is 14.6. The van der Waals surface area contributed by atoms with Crippen LogP contribution in [0.2, 0.25) is 5.02 Å². The van der Waals surface area contributed by atoms with Crippen molar-refractivity contribution in [3.63, 3.8) is 0 Å². The van der Waals surface area contributed by atoms with Crippen LogP contribution in [-0.4, -0.2) is 125 Å². The number of likely N-dealkylation sites (N-methyl/N-ethyl adjacent to an activating group) is 1. The maximum atomic E-state index is 14.9. The molecular formula is C49H66ClN5O8S. The fraction of sp³-hybridized carbons (Fsp3) is 0.673. The molecule has 0 spiro atoms. The fourth-order valence-electron chi connectivity index (χ4n) is 10.4. The molecule has 8 rings (SSSR count). The van der Waals surface area contributed by atoms with Crippen molar-refractivity contribution in [3.05, 3.63) is 33.6 Å². The van der Waals surface area contributed by atoms with Crippen LogP contribution in [0.3, 0.4) is 0 Å². The number of likely N-dealkylation sites (tertiary alicyclic amines) is 1. The third-order valence-corrected chi connectivity index (χ3v) is 15.8. The van der Waals surface area contributed by atoms with E-state index in [4.69, 9.17) is 35.8 Å². The molecule has 2 saturated heterocycles. The Morgan fingerprint density at radius 1 is 0.984 bits per heavy atom. The molecule has 64 heavy (non-hydrogen) atoms. The number of amides is 1. The number of hydrogen-bond acceptors (Lipinski definition) is 12. The van der Waals surface area contributed by atoms with Crippen LogP contribution in [0.25, 0.3) is 22.3 Å². The number of carboxylic acid groups (broad SMARTS) is 1. The Morgan fingerprint density at radius 3 is 2.38 bits per heavy atom. The SMILES string of the molecule is CC[C@@H]1C[C@]1(CC(=O)[C@@H]1C[C@@H](Oc2cc(-c3csc(CC(C)C)n3)nc3c(Cl)c(OCCN4CCN(C)CC4)ccc23)CN1C(=O)[C@@H](CC(=O)OC1C[C@@H]2C[C@@H]2C1)C(C)(C)C)C(=O)O.